The van der Waals surface area contributed by atoms with Gasteiger partial charge < -0.3 is 14.7 Å². The van der Waals surface area contributed by atoms with Crippen LogP contribution in [0.25, 0.3) is 0 Å². The summed E-state index contributed by atoms with van der Waals surface area (Å²) in [6.45, 7) is 13.2. The molecule has 4 nitrogen and oxygen atoms in total. The Kier molecular flexibility index (Phi) is 7.87. The molecule has 1 saturated carbocycles. The summed E-state index contributed by atoms with van der Waals surface area (Å²) in [7, 11) is 0. The highest BCUT2D eigenvalue weighted by Crippen LogP contribution is 2.41. The zero-order valence-corrected chi connectivity index (χ0v) is 17.8. The highest BCUT2D eigenvalue weighted by Gasteiger charge is 2.47. The number of likely N-dealkylation sites (N-methyl/N-ethyl adjacent to an activating group) is 1. The minimum atomic E-state index is -1.55. The fourth-order valence-electron chi connectivity index (χ4n) is 4.21. The van der Waals surface area contributed by atoms with Crippen LogP contribution < -0.4 is 0 Å². The number of nitrogens with zero attached hydrogens (tertiary/aromatic N) is 1. The average Bonchev–Trinajstić information content (AvgIpc) is 2.68. The molecular formula is C23H37NO3. The monoisotopic (exact) mass is 375 g/mol. The molecule has 1 aliphatic carbocycles. The number of benzene rings is 1. The Labute approximate surface area is 164 Å². The second kappa shape index (κ2) is 9.70. The normalized spacial score (nSPS) is 17.7. The maximum Gasteiger partial charge on any atom is 0.343 e. The number of rotatable bonds is 8. The molecule has 1 aromatic carbocycles. The lowest BCUT2D eigenvalue weighted by Crippen LogP contribution is -2.46. The van der Waals surface area contributed by atoms with Crippen molar-refractivity contribution in [3.05, 3.63) is 34.4 Å². The molecule has 0 radical (unpaired) electrons. The van der Waals surface area contributed by atoms with Crippen LogP contribution in [0.5, 0.6) is 0 Å². The minimum absolute atomic E-state index is 0.0753. The molecule has 0 aromatic heterocycles. The number of esters is 1. The minimum Gasteiger partial charge on any atom is -0.462 e. The lowest BCUT2D eigenvalue weighted by Gasteiger charge is -2.37. The van der Waals surface area contributed by atoms with Crippen LogP contribution in [0.3, 0.4) is 0 Å². The summed E-state index contributed by atoms with van der Waals surface area (Å²) in [5.74, 6) is -0.557. The fourth-order valence-corrected chi connectivity index (χ4v) is 4.21. The number of hydrogen-bond donors (Lipinski definition) is 1. The number of carbonyl (C=O) groups is 1. The second-order valence-corrected chi connectivity index (χ2v) is 8.00. The van der Waals surface area contributed by atoms with Crippen LogP contribution in [0.15, 0.2) is 12.1 Å². The van der Waals surface area contributed by atoms with Gasteiger partial charge in [-0.05, 0) is 69.0 Å². The average molecular weight is 376 g/mol. The van der Waals surface area contributed by atoms with Gasteiger partial charge in [-0.2, -0.15) is 0 Å². The number of hydrogen-bond acceptors (Lipinski definition) is 4. The number of aliphatic hydroxyl groups is 1. The van der Waals surface area contributed by atoms with Crippen molar-refractivity contribution in [2.24, 2.45) is 5.92 Å². The van der Waals surface area contributed by atoms with E-state index in [4.69, 9.17) is 4.74 Å². The fraction of sp³-hybridized carbons (Fsp3) is 0.696. The van der Waals surface area contributed by atoms with Gasteiger partial charge >= 0.3 is 5.97 Å². The van der Waals surface area contributed by atoms with Crippen molar-refractivity contribution in [3.8, 4) is 0 Å². The van der Waals surface area contributed by atoms with E-state index in [1.54, 1.807) is 0 Å². The molecule has 0 aliphatic heterocycles. The first-order valence-electron chi connectivity index (χ1n) is 10.5. The molecule has 1 N–H and O–H groups in total. The smallest absolute Gasteiger partial charge is 0.343 e. The van der Waals surface area contributed by atoms with Gasteiger partial charge in [0.2, 0.25) is 0 Å². The molecule has 1 atom stereocenters. The molecule has 152 valence electrons. The van der Waals surface area contributed by atoms with Gasteiger partial charge in [-0.3, -0.25) is 0 Å². The Morgan fingerprint density at radius 3 is 2.19 bits per heavy atom. The Bertz CT molecular complexity index is 610. The summed E-state index contributed by atoms with van der Waals surface area (Å²) < 4.78 is 5.63. The quantitative estimate of drug-likeness (QED) is 0.690. The molecular weight excluding hydrogens is 338 g/mol. The summed E-state index contributed by atoms with van der Waals surface area (Å²) >= 11 is 0. The predicted molar refractivity (Wildman–Crippen MR) is 110 cm³/mol. The first-order valence-corrected chi connectivity index (χ1v) is 10.5. The van der Waals surface area contributed by atoms with Gasteiger partial charge in [0.05, 0.1) is 0 Å². The van der Waals surface area contributed by atoms with Crippen molar-refractivity contribution >= 4 is 5.97 Å². The van der Waals surface area contributed by atoms with E-state index in [2.05, 4.69) is 25.7 Å². The largest absolute Gasteiger partial charge is 0.462 e. The summed E-state index contributed by atoms with van der Waals surface area (Å²) in [5, 5.41) is 11.7. The molecule has 2 rings (SSSR count). The molecule has 0 saturated heterocycles. The summed E-state index contributed by atoms with van der Waals surface area (Å²) in [4.78, 5) is 15.4. The summed E-state index contributed by atoms with van der Waals surface area (Å²) in [5.41, 5.74) is 2.57. The molecule has 27 heavy (non-hydrogen) atoms. The Hall–Kier alpha value is -1.39. The van der Waals surface area contributed by atoms with E-state index in [1.807, 2.05) is 26.0 Å². The van der Waals surface area contributed by atoms with Gasteiger partial charge in [0.1, 0.15) is 6.61 Å². The third-order valence-electron chi connectivity index (χ3n) is 6.41. The van der Waals surface area contributed by atoms with Gasteiger partial charge in [-0.15, -0.1) is 0 Å². The highest BCUT2D eigenvalue weighted by atomic mass is 16.5. The van der Waals surface area contributed by atoms with E-state index in [0.717, 1.165) is 49.9 Å². The van der Waals surface area contributed by atoms with Crippen LogP contribution in [0.1, 0.15) is 68.2 Å². The lowest BCUT2D eigenvalue weighted by molar-refractivity contribution is -0.176. The van der Waals surface area contributed by atoms with Crippen molar-refractivity contribution in [2.45, 2.75) is 72.3 Å². The third kappa shape index (κ3) is 4.91. The zero-order chi connectivity index (χ0) is 20.0. The van der Waals surface area contributed by atoms with Crippen LogP contribution >= 0.6 is 0 Å². The first kappa shape index (κ1) is 21.9. The lowest BCUT2D eigenvalue weighted by atomic mass is 9.72. The van der Waals surface area contributed by atoms with Crippen LogP contribution in [-0.4, -0.2) is 42.2 Å². The maximum atomic E-state index is 13.1. The first-order chi connectivity index (χ1) is 12.8. The topological polar surface area (TPSA) is 49.8 Å². The van der Waals surface area contributed by atoms with E-state index < -0.39 is 11.6 Å². The van der Waals surface area contributed by atoms with Gasteiger partial charge in [0, 0.05) is 12.5 Å². The third-order valence-corrected chi connectivity index (χ3v) is 6.41. The van der Waals surface area contributed by atoms with E-state index in [1.165, 1.54) is 12.0 Å². The van der Waals surface area contributed by atoms with E-state index >= 15 is 0 Å². The molecule has 1 aliphatic rings. The van der Waals surface area contributed by atoms with Crippen molar-refractivity contribution in [2.75, 3.05) is 26.2 Å². The number of ether oxygens (including phenoxy) is 1. The van der Waals surface area contributed by atoms with Crippen molar-refractivity contribution in [3.63, 3.8) is 0 Å². The van der Waals surface area contributed by atoms with Crippen LogP contribution in [0, 0.1) is 26.7 Å². The van der Waals surface area contributed by atoms with Crippen LogP contribution in [-0.2, 0) is 15.1 Å². The Balaban J connectivity index is 2.28. The van der Waals surface area contributed by atoms with Gasteiger partial charge in [0.15, 0.2) is 5.60 Å². The number of aryl methyl sites for hydroxylation is 2. The van der Waals surface area contributed by atoms with E-state index in [9.17, 15) is 9.90 Å². The molecule has 0 heterocycles. The second-order valence-electron chi connectivity index (χ2n) is 8.00. The maximum absolute atomic E-state index is 13.1. The molecule has 1 fully saturated rings. The molecule has 0 bridgehead atoms. The summed E-state index contributed by atoms with van der Waals surface area (Å²) in [6.07, 6.45) is 5.03. The van der Waals surface area contributed by atoms with Crippen molar-refractivity contribution in [1.29, 1.82) is 0 Å². The number of carbonyl (C=O) groups excluding carboxylic acids is 1. The van der Waals surface area contributed by atoms with E-state index in [0.29, 0.717) is 18.7 Å². The van der Waals surface area contributed by atoms with Crippen LogP contribution in [0.4, 0.5) is 0 Å². The van der Waals surface area contributed by atoms with Crippen LogP contribution in [0.2, 0.25) is 0 Å². The summed E-state index contributed by atoms with van der Waals surface area (Å²) in [6, 6.07) is 3.95. The van der Waals surface area contributed by atoms with Gasteiger partial charge in [-0.1, -0.05) is 45.2 Å². The van der Waals surface area contributed by atoms with E-state index in [-0.39, 0.29) is 5.92 Å². The standard InChI is InChI=1S/C23H37NO3/c1-6-24(7-2)13-14-27-22(25)23(26,20-11-9-8-10-12-20)21-15-17(3)19(5)18(4)16-21/h15-16,20,26H,6-14H2,1-5H3/t23-/m0/s1. The zero-order valence-electron chi connectivity index (χ0n) is 17.8. The predicted octanol–water partition coefficient (Wildman–Crippen LogP) is 4.26. The van der Waals surface area contributed by atoms with Crippen molar-refractivity contribution < 1.29 is 14.6 Å². The Morgan fingerprint density at radius 1 is 1.11 bits per heavy atom. The Morgan fingerprint density at radius 2 is 1.67 bits per heavy atom. The van der Waals surface area contributed by atoms with Gasteiger partial charge in [0.25, 0.3) is 0 Å². The molecule has 0 amide bonds. The SMILES string of the molecule is CCN(CC)CCOC(=O)[C@@](O)(c1cc(C)c(C)c(C)c1)C1CCCCC1. The molecule has 1 aromatic rings. The highest BCUT2D eigenvalue weighted by molar-refractivity contribution is 5.82. The molecule has 0 unspecified atom stereocenters. The molecule has 4 heteroatoms. The molecule has 0 spiro atoms. The van der Waals surface area contributed by atoms with Crippen molar-refractivity contribution in [1.82, 2.24) is 4.90 Å². The van der Waals surface area contributed by atoms with Gasteiger partial charge in [-0.25, -0.2) is 4.79 Å².